The highest BCUT2D eigenvalue weighted by atomic mass is 32.2. The van der Waals surface area contributed by atoms with Crippen LogP contribution in [0.1, 0.15) is 45.7 Å². The zero-order chi connectivity index (χ0) is 29.4. The minimum Gasteiger partial charge on any atom is -0.497 e. The van der Waals surface area contributed by atoms with E-state index in [0.717, 1.165) is 22.3 Å². The van der Waals surface area contributed by atoms with Crippen molar-refractivity contribution in [2.24, 2.45) is 0 Å². The number of ether oxygens (including phenoxy) is 3. The van der Waals surface area contributed by atoms with E-state index >= 15 is 0 Å². The quantitative estimate of drug-likeness (QED) is 0.279. The van der Waals surface area contributed by atoms with Gasteiger partial charge in [0.15, 0.2) is 21.3 Å². The highest BCUT2D eigenvalue weighted by molar-refractivity contribution is 7.91. The van der Waals surface area contributed by atoms with Crippen LogP contribution in [0.25, 0.3) is 11.3 Å². The number of methoxy groups -OCH3 is 3. The van der Waals surface area contributed by atoms with Gasteiger partial charge in [-0.15, -0.1) is 0 Å². The second-order valence-electron chi connectivity index (χ2n) is 10.6. The van der Waals surface area contributed by atoms with Crippen molar-refractivity contribution in [1.82, 2.24) is 14.7 Å². The first kappa shape index (κ1) is 27.8. The predicted molar refractivity (Wildman–Crippen MR) is 159 cm³/mol. The molecule has 218 valence electrons. The SMILES string of the molecule is COc1ccc(-c2nn([C@@H]3CCS(=O)(=O)C3)c3c2[C@H](c2ccccc2)N(CCc2ccc(OC)c(OC)c2)C3=O)cc1. The molecule has 0 N–H and O–H groups in total. The average Bonchev–Trinajstić information content (AvgIpc) is 3.67. The van der Waals surface area contributed by atoms with Crippen molar-refractivity contribution in [2.45, 2.75) is 24.9 Å². The van der Waals surface area contributed by atoms with Crippen LogP contribution in [-0.4, -0.2) is 68.4 Å². The first-order chi connectivity index (χ1) is 20.3. The largest absolute Gasteiger partial charge is 0.497 e. The fourth-order valence-electron chi connectivity index (χ4n) is 6.02. The maximum atomic E-state index is 14.4. The van der Waals surface area contributed by atoms with Gasteiger partial charge in [-0.05, 0) is 60.4 Å². The molecule has 0 unspecified atom stereocenters. The van der Waals surface area contributed by atoms with Gasteiger partial charge in [-0.1, -0.05) is 36.4 Å². The van der Waals surface area contributed by atoms with E-state index in [1.807, 2.05) is 77.7 Å². The third kappa shape index (κ3) is 5.00. The van der Waals surface area contributed by atoms with Gasteiger partial charge in [-0.3, -0.25) is 9.48 Å². The van der Waals surface area contributed by atoms with E-state index in [0.29, 0.717) is 48.0 Å². The van der Waals surface area contributed by atoms with E-state index in [9.17, 15) is 13.2 Å². The number of hydrogen-bond acceptors (Lipinski definition) is 7. The minimum atomic E-state index is -3.21. The summed E-state index contributed by atoms with van der Waals surface area (Å²) >= 11 is 0. The fourth-order valence-corrected chi connectivity index (χ4v) is 7.71. The van der Waals surface area contributed by atoms with Crippen LogP contribution in [-0.2, 0) is 16.3 Å². The average molecular weight is 588 g/mol. The van der Waals surface area contributed by atoms with Gasteiger partial charge in [-0.25, -0.2) is 8.42 Å². The number of aromatic nitrogens is 2. The van der Waals surface area contributed by atoms with Gasteiger partial charge in [0, 0.05) is 17.7 Å². The fraction of sp³-hybridized carbons (Fsp3) is 0.312. The molecule has 3 aromatic carbocycles. The molecule has 2 aliphatic rings. The Morgan fingerprint density at radius 3 is 2.29 bits per heavy atom. The van der Waals surface area contributed by atoms with Gasteiger partial charge in [0.1, 0.15) is 11.4 Å². The third-order valence-electron chi connectivity index (χ3n) is 8.12. The van der Waals surface area contributed by atoms with Gasteiger partial charge in [0.25, 0.3) is 5.91 Å². The first-order valence-electron chi connectivity index (χ1n) is 13.9. The molecule has 0 saturated carbocycles. The second-order valence-corrected chi connectivity index (χ2v) is 12.8. The number of rotatable bonds is 9. The molecule has 2 atom stereocenters. The summed E-state index contributed by atoms with van der Waals surface area (Å²) in [5.41, 5.74) is 4.74. The maximum Gasteiger partial charge on any atom is 0.273 e. The third-order valence-corrected chi connectivity index (χ3v) is 9.87. The van der Waals surface area contributed by atoms with Gasteiger partial charge >= 0.3 is 0 Å². The van der Waals surface area contributed by atoms with Gasteiger partial charge in [0.2, 0.25) is 0 Å². The number of fused-ring (bicyclic) bond motifs is 1. The molecule has 0 aliphatic carbocycles. The zero-order valence-electron chi connectivity index (χ0n) is 23.8. The summed E-state index contributed by atoms with van der Waals surface area (Å²) in [5, 5.41) is 4.96. The van der Waals surface area contributed by atoms with Crippen LogP contribution < -0.4 is 14.2 Å². The van der Waals surface area contributed by atoms with Crippen LogP contribution in [0, 0.1) is 0 Å². The Balaban J connectivity index is 1.46. The first-order valence-corrected chi connectivity index (χ1v) is 15.7. The maximum absolute atomic E-state index is 14.4. The number of amides is 1. The molecule has 1 saturated heterocycles. The summed E-state index contributed by atoms with van der Waals surface area (Å²) in [4.78, 5) is 16.2. The molecule has 4 aromatic rings. The van der Waals surface area contributed by atoms with Crippen LogP contribution in [0.4, 0.5) is 0 Å². The molecule has 1 amide bonds. The monoisotopic (exact) mass is 587 g/mol. The molecule has 0 radical (unpaired) electrons. The van der Waals surface area contributed by atoms with E-state index < -0.39 is 21.9 Å². The molecule has 1 aromatic heterocycles. The molecule has 3 heterocycles. The van der Waals surface area contributed by atoms with Crippen molar-refractivity contribution in [2.75, 3.05) is 39.4 Å². The number of sulfone groups is 1. The smallest absolute Gasteiger partial charge is 0.273 e. The van der Waals surface area contributed by atoms with E-state index in [4.69, 9.17) is 19.3 Å². The Bertz CT molecular complexity index is 1720. The molecule has 42 heavy (non-hydrogen) atoms. The Kier molecular flexibility index (Phi) is 7.40. The summed E-state index contributed by atoms with van der Waals surface area (Å²) in [7, 11) is 1.61. The van der Waals surface area contributed by atoms with E-state index in [2.05, 4.69) is 0 Å². The lowest BCUT2D eigenvalue weighted by Crippen LogP contribution is -2.32. The number of hydrogen-bond donors (Lipinski definition) is 0. The zero-order valence-corrected chi connectivity index (χ0v) is 24.6. The molecule has 9 nitrogen and oxygen atoms in total. The van der Waals surface area contributed by atoms with Crippen molar-refractivity contribution in [3.63, 3.8) is 0 Å². The summed E-state index contributed by atoms with van der Waals surface area (Å²) in [6.07, 6.45) is 1.01. The minimum absolute atomic E-state index is 0.0297. The lowest BCUT2D eigenvalue weighted by molar-refractivity contribution is 0.0738. The lowest BCUT2D eigenvalue weighted by atomic mass is 9.96. The van der Waals surface area contributed by atoms with Gasteiger partial charge in [-0.2, -0.15) is 5.10 Å². The van der Waals surface area contributed by atoms with Crippen LogP contribution in [0.5, 0.6) is 17.2 Å². The summed E-state index contributed by atoms with van der Waals surface area (Å²) < 4.78 is 42.9. The van der Waals surface area contributed by atoms with Crippen molar-refractivity contribution >= 4 is 15.7 Å². The molecule has 0 spiro atoms. The topological polar surface area (TPSA) is 100.0 Å². The van der Waals surface area contributed by atoms with Crippen LogP contribution in [0.3, 0.4) is 0 Å². The number of carbonyl (C=O) groups excluding carboxylic acids is 1. The van der Waals surface area contributed by atoms with Crippen molar-refractivity contribution in [3.05, 3.63) is 95.2 Å². The highest BCUT2D eigenvalue weighted by Gasteiger charge is 2.46. The van der Waals surface area contributed by atoms with Gasteiger partial charge < -0.3 is 19.1 Å². The number of benzene rings is 3. The van der Waals surface area contributed by atoms with Crippen LogP contribution in [0.15, 0.2) is 72.8 Å². The van der Waals surface area contributed by atoms with E-state index in [1.54, 1.807) is 26.0 Å². The summed E-state index contributed by atoms with van der Waals surface area (Å²) in [5.74, 6) is 1.89. The number of nitrogens with zero attached hydrogens (tertiary/aromatic N) is 3. The van der Waals surface area contributed by atoms with Crippen molar-refractivity contribution < 1.29 is 27.4 Å². The normalized spacial score (nSPS) is 19.1. The predicted octanol–water partition coefficient (Wildman–Crippen LogP) is 4.72. The van der Waals surface area contributed by atoms with Crippen LogP contribution in [0.2, 0.25) is 0 Å². The van der Waals surface area contributed by atoms with Crippen molar-refractivity contribution in [1.29, 1.82) is 0 Å². The Labute approximate surface area is 245 Å². The van der Waals surface area contributed by atoms with Crippen LogP contribution >= 0.6 is 0 Å². The molecular weight excluding hydrogens is 554 g/mol. The molecule has 10 heteroatoms. The molecular formula is C32H33N3O6S. The Hall–Kier alpha value is -4.31. The standard InChI is InChI=1S/C32H33N3O6S/c1-39-25-12-10-22(11-13-25)29-28-30(23-7-5-4-6-8-23)34(17-15-21-9-14-26(40-2)27(19-21)41-3)32(36)31(28)35(33-29)24-16-18-42(37,38)20-24/h4-14,19,24,30H,15-18,20H2,1-3H3/t24-,30+/m1/s1. The van der Waals surface area contributed by atoms with Gasteiger partial charge in [0.05, 0.1) is 50.6 Å². The molecule has 6 rings (SSSR count). The van der Waals surface area contributed by atoms with Crippen molar-refractivity contribution in [3.8, 4) is 28.5 Å². The summed E-state index contributed by atoms with van der Waals surface area (Å²) in [6, 6.07) is 22.5. The van der Waals surface area contributed by atoms with E-state index in [1.165, 1.54) is 0 Å². The lowest BCUT2D eigenvalue weighted by Gasteiger charge is -2.27. The highest BCUT2D eigenvalue weighted by Crippen LogP contribution is 2.45. The molecule has 1 fully saturated rings. The molecule has 0 bridgehead atoms. The Morgan fingerprint density at radius 1 is 0.905 bits per heavy atom. The number of carbonyl (C=O) groups is 1. The molecule has 2 aliphatic heterocycles. The Morgan fingerprint density at radius 2 is 1.64 bits per heavy atom. The summed E-state index contributed by atoms with van der Waals surface area (Å²) in [6.45, 7) is 0.438. The van der Waals surface area contributed by atoms with E-state index in [-0.39, 0.29) is 17.4 Å². The second kappa shape index (κ2) is 11.2.